The van der Waals surface area contributed by atoms with Crippen molar-refractivity contribution in [1.82, 2.24) is 10.3 Å². The van der Waals surface area contributed by atoms with Crippen LogP contribution in [0, 0.1) is 11.3 Å². The van der Waals surface area contributed by atoms with Gasteiger partial charge in [0.2, 0.25) is 0 Å². The van der Waals surface area contributed by atoms with E-state index in [1.54, 1.807) is 6.20 Å². The number of para-hydroxylation sites is 1. The van der Waals surface area contributed by atoms with Gasteiger partial charge in [-0.1, -0.05) is 31.2 Å². The van der Waals surface area contributed by atoms with E-state index in [0.717, 1.165) is 30.0 Å². The first-order chi connectivity index (χ1) is 9.85. The second-order valence-electron chi connectivity index (χ2n) is 4.30. The molecule has 0 saturated heterocycles. The first-order valence-corrected chi connectivity index (χ1v) is 6.60. The fourth-order valence-electron chi connectivity index (χ4n) is 1.86. The fourth-order valence-corrected chi connectivity index (χ4v) is 1.86. The summed E-state index contributed by atoms with van der Waals surface area (Å²) in [6.45, 7) is 4.10. The number of nitriles is 1. The van der Waals surface area contributed by atoms with E-state index in [4.69, 9.17) is 10.00 Å². The number of nitrogens with one attached hydrogen (secondary N) is 1. The van der Waals surface area contributed by atoms with Crippen molar-refractivity contribution in [1.29, 1.82) is 5.26 Å². The van der Waals surface area contributed by atoms with Crippen LogP contribution in [-0.4, -0.2) is 11.5 Å². The highest BCUT2D eigenvalue weighted by molar-refractivity contribution is 5.35. The van der Waals surface area contributed by atoms with Gasteiger partial charge in [0, 0.05) is 23.9 Å². The quantitative estimate of drug-likeness (QED) is 0.874. The number of benzene rings is 1. The number of aromatic nitrogens is 1. The van der Waals surface area contributed by atoms with Crippen molar-refractivity contribution in [3.63, 3.8) is 0 Å². The average Bonchev–Trinajstić information content (AvgIpc) is 2.52. The Hall–Kier alpha value is -2.38. The molecule has 4 heteroatoms. The molecule has 2 aromatic rings. The Morgan fingerprint density at radius 2 is 2.00 bits per heavy atom. The van der Waals surface area contributed by atoms with E-state index >= 15 is 0 Å². The number of hydrogen-bond acceptors (Lipinski definition) is 4. The molecule has 102 valence electrons. The largest absolute Gasteiger partial charge is 0.488 e. The van der Waals surface area contributed by atoms with Gasteiger partial charge in [-0.3, -0.25) is 0 Å². The van der Waals surface area contributed by atoms with Gasteiger partial charge >= 0.3 is 0 Å². The second kappa shape index (κ2) is 7.27. The zero-order valence-electron chi connectivity index (χ0n) is 11.5. The molecule has 0 fully saturated rings. The van der Waals surface area contributed by atoms with Crippen molar-refractivity contribution < 1.29 is 4.74 Å². The van der Waals surface area contributed by atoms with Gasteiger partial charge in [0.1, 0.15) is 24.1 Å². The highest BCUT2D eigenvalue weighted by Crippen LogP contribution is 2.19. The van der Waals surface area contributed by atoms with E-state index in [2.05, 4.69) is 23.3 Å². The summed E-state index contributed by atoms with van der Waals surface area (Å²) in [5.41, 5.74) is 2.32. The lowest BCUT2D eigenvalue weighted by Crippen LogP contribution is -2.13. The number of hydrogen-bond donors (Lipinski definition) is 1. The Kier molecular flexibility index (Phi) is 5.10. The molecule has 1 aromatic heterocycles. The van der Waals surface area contributed by atoms with E-state index in [9.17, 15) is 0 Å². The minimum Gasteiger partial charge on any atom is -0.488 e. The second-order valence-corrected chi connectivity index (χ2v) is 4.30. The third-order valence-corrected chi connectivity index (χ3v) is 2.92. The van der Waals surface area contributed by atoms with Gasteiger partial charge in [-0.05, 0) is 18.7 Å². The van der Waals surface area contributed by atoms with E-state index in [-0.39, 0.29) is 0 Å². The maximum Gasteiger partial charge on any atom is 0.147 e. The molecular weight excluding hydrogens is 250 g/mol. The summed E-state index contributed by atoms with van der Waals surface area (Å²) >= 11 is 0. The van der Waals surface area contributed by atoms with Crippen LogP contribution in [0.25, 0.3) is 0 Å². The molecule has 0 amide bonds. The van der Waals surface area contributed by atoms with Crippen LogP contribution in [0.3, 0.4) is 0 Å². The molecule has 20 heavy (non-hydrogen) atoms. The average molecular weight is 267 g/mol. The minimum atomic E-state index is 0.347. The maximum atomic E-state index is 9.01. The van der Waals surface area contributed by atoms with Crippen LogP contribution < -0.4 is 10.1 Å². The van der Waals surface area contributed by atoms with Crippen LogP contribution in [0.15, 0.2) is 42.6 Å². The summed E-state index contributed by atoms with van der Waals surface area (Å²) in [5.74, 6) is 0.834. The predicted octanol–water partition coefficient (Wildman–Crippen LogP) is 2.64. The summed E-state index contributed by atoms with van der Waals surface area (Å²) in [6, 6.07) is 13.7. The summed E-state index contributed by atoms with van der Waals surface area (Å²) in [7, 11) is 0. The number of pyridine rings is 1. The van der Waals surface area contributed by atoms with Crippen LogP contribution in [0.1, 0.15) is 23.7 Å². The molecule has 0 spiro atoms. The SMILES string of the molecule is CCNCc1ccccc1OCc1cccnc1C#N. The Bertz CT molecular complexity index is 605. The van der Waals surface area contributed by atoms with E-state index in [1.165, 1.54) is 0 Å². The lowest BCUT2D eigenvalue weighted by Gasteiger charge is -2.12. The Morgan fingerprint density at radius 1 is 1.20 bits per heavy atom. The number of rotatable bonds is 6. The van der Waals surface area contributed by atoms with Gasteiger partial charge in [-0.15, -0.1) is 0 Å². The van der Waals surface area contributed by atoms with E-state index in [1.807, 2.05) is 36.4 Å². The van der Waals surface area contributed by atoms with Crippen molar-refractivity contribution in [2.24, 2.45) is 0 Å². The van der Waals surface area contributed by atoms with Gasteiger partial charge in [-0.2, -0.15) is 5.26 Å². The van der Waals surface area contributed by atoms with Crippen molar-refractivity contribution in [3.05, 3.63) is 59.4 Å². The fraction of sp³-hybridized carbons (Fsp3) is 0.250. The highest BCUT2D eigenvalue weighted by Gasteiger charge is 2.06. The van der Waals surface area contributed by atoms with Gasteiger partial charge in [0.05, 0.1) is 0 Å². The Morgan fingerprint density at radius 3 is 2.80 bits per heavy atom. The van der Waals surface area contributed by atoms with Gasteiger partial charge < -0.3 is 10.1 Å². The Balaban J connectivity index is 2.09. The van der Waals surface area contributed by atoms with Crippen LogP contribution in [0.2, 0.25) is 0 Å². The molecule has 1 N–H and O–H groups in total. The Labute approximate surface area is 119 Å². The summed E-state index contributed by atoms with van der Waals surface area (Å²) in [6.07, 6.45) is 1.61. The van der Waals surface area contributed by atoms with Crippen LogP contribution in [0.4, 0.5) is 0 Å². The first kappa shape index (κ1) is 14.0. The molecule has 0 atom stereocenters. The van der Waals surface area contributed by atoms with E-state index in [0.29, 0.717) is 12.3 Å². The molecule has 0 aliphatic carbocycles. The number of nitrogens with zero attached hydrogens (tertiary/aromatic N) is 2. The third kappa shape index (κ3) is 3.56. The molecule has 0 aliphatic rings. The monoisotopic (exact) mass is 267 g/mol. The maximum absolute atomic E-state index is 9.01. The molecule has 1 heterocycles. The normalized spacial score (nSPS) is 10.0. The molecule has 1 aromatic carbocycles. The zero-order chi connectivity index (χ0) is 14.2. The van der Waals surface area contributed by atoms with Crippen LogP contribution in [-0.2, 0) is 13.2 Å². The first-order valence-electron chi connectivity index (χ1n) is 6.60. The number of ether oxygens (including phenoxy) is 1. The summed E-state index contributed by atoms with van der Waals surface area (Å²) in [5, 5.41) is 12.3. The lowest BCUT2D eigenvalue weighted by molar-refractivity contribution is 0.301. The van der Waals surface area contributed by atoms with Crippen molar-refractivity contribution in [3.8, 4) is 11.8 Å². The third-order valence-electron chi connectivity index (χ3n) is 2.92. The zero-order valence-corrected chi connectivity index (χ0v) is 11.5. The van der Waals surface area contributed by atoms with Crippen molar-refractivity contribution >= 4 is 0 Å². The van der Waals surface area contributed by atoms with Crippen molar-refractivity contribution in [2.45, 2.75) is 20.1 Å². The smallest absolute Gasteiger partial charge is 0.147 e. The van der Waals surface area contributed by atoms with E-state index < -0.39 is 0 Å². The molecule has 2 rings (SSSR count). The molecule has 0 unspecified atom stereocenters. The van der Waals surface area contributed by atoms with Crippen LogP contribution >= 0.6 is 0 Å². The van der Waals surface area contributed by atoms with Crippen molar-refractivity contribution in [2.75, 3.05) is 6.54 Å². The predicted molar refractivity (Wildman–Crippen MR) is 77.1 cm³/mol. The lowest BCUT2D eigenvalue weighted by atomic mass is 10.2. The summed E-state index contributed by atoms with van der Waals surface area (Å²) < 4.78 is 5.83. The molecule has 0 aliphatic heterocycles. The van der Waals surface area contributed by atoms with Crippen LogP contribution in [0.5, 0.6) is 5.75 Å². The molecule has 0 saturated carbocycles. The standard InChI is InChI=1S/C16H17N3O/c1-2-18-11-13-6-3-4-8-16(13)20-12-14-7-5-9-19-15(14)10-17/h3-9,18H,2,11-12H2,1H3. The highest BCUT2D eigenvalue weighted by atomic mass is 16.5. The van der Waals surface area contributed by atoms with Gasteiger partial charge in [-0.25, -0.2) is 4.98 Å². The molecule has 0 radical (unpaired) electrons. The van der Waals surface area contributed by atoms with Gasteiger partial charge in [0.15, 0.2) is 0 Å². The summed E-state index contributed by atoms with van der Waals surface area (Å²) in [4.78, 5) is 4.03. The topological polar surface area (TPSA) is 57.9 Å². The minimum absolute atomic E-state index is 0.347. The van der Waals surface area contributed by atoms with Gasteiger partial charge in [0.25, 0.3) is 0 Å². The molecular formula is C16H17N3O. The molecule has 0 bridgehead atoms. The molecule has 4 nitrogen and oxygen atoms in total.